The van der Waals surface area contributed by atoms with Crippen LogP contribution in [0.1, 0.15) is 38.5 Å². The van der Waals surface area contributed by atoms with Crippen molar-refractivity contribution < 1.29 is 14.3 Å². The lowest BCUT2D eigenvalue weighted by atomic mass is 9.76. The Morgan fingerprint density at radius 3 is 2.90 bits per heavy atom. The number of hydrogen-bond donors (Lipinski definition) is 1. The van der Waals surface area contributed by atoms with Crippen molar-refractivity contribution >= 4 is 6.09 Å². The molecule has 0 radical (unpaired) electrons. The van der Waals surface area contributed by atoms with Crippen molar-refractivity contribution in [3.63, 3.8) is 0 Å². The van der Waals surface area contributed by atoms with Crippen molar-refractivity contribution in [3.8, 4) is 0 Å². The molecular formula is C15H26N2O3. The minimum atomic E-state index is -0.150. The largest absolute Gasteiger partial charge is 0.448 e. The van der Waals surface area contributed by atoms with Gasteiger partial charge in [-0.25, -0.2) is 4.79 Å². The molecule has 0 aromatic rings. The summed E-state index contributed by atoms with van der Waals surface area (Å²) in [6, 6.07) is 0.601. The normalized spacial score (nSPS) is 29.1. The van der Waals surface area contributed by atoms with E-state index >= 15 is 0 Å². The molecule has 2 aliphatic heterocycles. The van der Waals surface area contributed by atoms with Gasteiger partial charge in [-0.15, -0.1) is 0 Å². The summed E-state index contributed by atoms with van der Waals surface area (Å²) in [5.74, 6) is 0. The fraction of sp³-hybridized carbons (Fsp3) is 0.933. The number of carbonyl (C=O) groups is 1. The van der Waals surface area contributed by atoms with E-state index in [1.54, 1.807) is 4.90 Å². The molecule has 1 N–H and O–H groups in total. The fourth-order valence-corrected chi connectivity index (χ4v) is 3.95. The predicted octanol–water partition coefficient (Wildman–Crippen LogP) is 1.77. The summed E-state index contributed by atoms with van der Waals surface area (Å²) in [5, 5.41) is 3.73. The molecule has 1 spiro atoms. The Bertz CT molecular complexity index is 342. The first kappa shape index (κ1) is 14.1. The minimum absolute atomic E-state index is 0.150. The molecule has 1 aliphatic carbocycles. The molecule has 5 heteroatoms. The fourth-order valence-electron chi connectivity index (χ4n) is 3.95. The van der Waals surface area contributed by atoms with Crippen LogP contribution in [0.5, 0.6) is 0 Å². The number of nitrogens with zero attached hydrogens (tertiary/aromatic N) is 1. The molecule has 3 fully saturated rings. The number of carbonyl (C=O) groups excluding carboxylic acids is 1. The maximum Gasteiger partial charge on any atom is 0.409 e. The van der Waals surface area contributed by atoms with Gasteiger partial charge in [0.05, 0.1) is 13.2 Å². The molecule has 0 bridgehead atoms. The predicted molar refractivity (Wildman–Crippen MR) is 75.7 cm³/mol. The highest BCUT2D eigenvalue weighted by Crippen LogP contribution is 2.44. The van der Waals surface area contributed by atoms with Gasteiger partial charge in [-0.2, -0.15) is 0 Å². The van der Waals surface area contributed by atoms with Crippen molar-refractivity contribution in [1.82, 2.24) is 10.2 Å². The number of amides is 1. The minimum Gasteiger partial charge on any atom is -0.448 e. The summed E-state index contributed by atoms with van der Waals surface area (Å²) in [4.78, 5) is 13.1. The first-order valence-corrected chi connectivity index (χ1v) is 8.03. The van der Waals surface area contributed by atoms with Crippen LogP contribution in [0, 0.1) is 5.41 Å². The third-order valence-corrected chi connectivity index (χ3v) is 5.12. The number of cyclic esters (lactones) is 1. The maximum atomic E-state index is 11.3. The molecule has 0 aromatic heterocycles. The standard InChI is InChI=1S/C15H26N2O3/c18-14-17(9-11-20-14)8-3-7-16-13-4-10-19-12-15(13)5-1-2-6-15/h13,16H,1-12H2. The molecule has 1 saturated carbocycles. The molecule has 20 heavy (non-hydrogen) atoms. The molecule has 1 atom stereocenters. The molecular weight excluding hydrogens is 256 g/mol. The molecule has 3 aliphatic rings. The quantitative estimate of drug-likeness (QED) is 0.781. The van der Waals surface area contributed by atoms with Crippen LogP contribution in [-0.2, 0) is 9.47 Å². The van der Waals surface area contributed by atoms with Crippen LogP contribution < -0.4 is 5.32 Å². The Morgan fingerprint density at radius 1 is 1.30 bits per heavy atom. The zero-order valence-electron chi connectivity index (χ0n) is 12.2. The molecule has 5 nitrogen and oxygen atoms in total. The Kier molecular flexibility index (Phi) is 4.46. The van der Waals surface area contributed by atoms with Gasteiger partial charge in [-0.05, 0) is 32.2 Å². The van der Waals surface area contributed by atoms with Gasteiger partial charge in [0, 0.05) is 24.6 Å². The van der Waals surface area contributed by atoms with Gasteiger partial charge < -0.3 is 19.7 Å². The Labute approximate surface area is 121 Å². The topological polar surface area (TPSA) is 50.8 Å². The molecule has 2 saturated heterocycles. The second kappa shape index (κ2) is 6.31. The van der Waals surface area contributed by atoms with Gasteiger partial charge >= 0.3 is 6.09 Å². The van der Waals surface area contributed by atoms with Gasteiger partial charge in [0.25, 0.3) is 0 Å². The van der Waals surface area contributed by atoms with E-state index in [2.05, 4.69) is 5.32 Å². The van der Waals surface area contributed by atoms with E-state index in [9.17, 15) is 4.79 Å². The first-order chi connectivity index (χ1) is 9.80. The van der Waals surface area contributed by atoms with E-state index in [1.165, 1.54) is 25.7 Å². The second-order valence-corrected chi connectivity index (χ2v) is 6.37. The van der Waals surface area contributed by atoms with Crippen LogP contribution in [0.4, 0.5) is 4.79 Å². The van der Waals surface area contributed by atoms with Crippen LogP contribution >= 0.6 is 0 Å². The number of rotatable bonds is 5. The summed E-state index contributed by atoms with van der Waals surface area (Å²) >= 11 is 0. The van der Waals surface area contributed by atoms with Gasteiger partial charge in [0.2, 0.25) is 0 Å². The first-order valence-electron chi connectivity index (χ1n) is 8.03. The highest BCUT2D eigenvalue weighted by molar-refractivity contribution is 5.69. The van der Waals surface area contributed by atoms with E-state index in [4.69, 9.17) is 9.47 Å². The molecule has 1 amide bonds. The molecule has 0 aromatic carbocycles. The summed E-state index contributed by atoms with van der Waals surface area (Å²) in [6.45, 7) is 4.91. The summed E-state index contributed by atoms with van der Waals surface area (Å²) < 4.78 is 10.7. The lowest BCUT2D eigenvalue weighted by molar-refractivity contribution is -0.0298. The average Bonchev–Trinajstić information content (AvgIpc) is 3.07. The van der Waals surface area contributed by atoms with E-state index < -0.39 is 0 Å². The summed E-state index contributed by atoms with van der Waals surface area (Å²) in [5.41, 5.74) is 0.394. The Hall–Kier alpha value is -0.810. The highest BCUT2D eigenvalue weighted by atomic mass is 16.6. The highest BCUT2D eigenvalue weighted by Gasteiger charge is 2.43. The van der Waals surface area contributed by atoms with E-state index in [0.717, 1.165) is 45.7 Å². The van der Waals surface area contributed by atoms with Crippen molar-refractivity contribution in [2.45, 2.75) is 44.6 Å². The smallest absolute Gasteiger partial charge is 0.409 e. The SMILES string of the molecule is O=C1OCCN1CCCNC1CCOCC12CCCC2. The lowest BCUT2D eigenvalue weighted by Crippen LogP contribution is -2.50. The number of ether oxygens (including phenoxy) is 2. The molecule has 3 rings (SSSR count). The van der Waals surface area contributed by atoms with Crippen molar-refractivity contribution in [2.24, 2.45) is 5.41 Å². The average molecular weight is 282 g/mol. The number of nitrogens with one attached hydrogen (secondary N) is 1. The number of hydrogen-bond acceptors (Lipinski definition) is 4. The lowest BCUT2D eigenvalue weighted by Gasteiger charge is -2.42. The Balaban J connectivity index is 1.41. The maximum absolute atomic E-state index is 11.3. The van der Waals surface area contributed by atoms with Crippen LogP contribution in [-0.4, -0.2) is 56.5 Å². The van der Waals surface area contributed by atoms with E-state index in [1.807, 2.05) is 0 Å². The summed E-state index contributed by atoms with van der Waals surface area (Å²) in [7, 11) is 0. The van der Waals surface area contributed by atoms with Gasteiger partial charge in [-0.1, -0.05) is 12.8 Å². The van der Waals surface area contributed by atoms with E-state index in [-0.39, 0.29) is 6.09 Å². The Morgan fingerprint density at radius 2 is 2.15 bits per heavy atom. The van der Waals surface area contributed by atoms with Crippen LogP contribution in [0.2, 0.25) is 0 Å². The van der Waals surface area contributed by atoms with Gasteiger partial charge in [0.1, 0.15) is 6.61 Å². The third kappa shape index (κ3) is 2.93. The van der Waals surface area contributed by atoms with Crippen molar-refractivity contribution in [3.05, 3.63) is 0 Å². The van der Waals surface area contributed by atoms with Crippen LogP contribution in [0.15, 0.2) is 0 Å². The van der Waals surface area contributed by atoms with E-state index in [0.29, 0.717) is 18.1 Å². The third-order valence-electron chi connectivity index (χ3n) is 5.12. The molecule has 114 valence electrons. The van der Waals surface area contributed by atoms with Crippen molar-refractivity contribution in [2.75, 3.05) is 39.5 Å². The summed E-state index contributed by atoms with van der Waals surface area (Å²) in [6.07, 6.45) is 7.30. The van der Waals surface area contributed by atoms with Gasteiger partial charge in [0.15, 0.2) is 0 Å². The molecule has 2 heterocycles. The van der Waals surface area contributed by atoms with Gasteiger partial charge in [-0.3, -0.25) is 0 Å². The van der Waals surface area contributed by atoms with Crippen molar-refractivity contribution in [1.29, 1.82) is 0 Å². The zero-order valence-corrected chi connectivity index (χ0v) is 12.2. The molecule has 1 unspecified atom stereocenters. The second-order valence-electron chi connectivity index (χ2n) is 6.37. The van der Waals surface area contributed by atoms with Crippen LogP contribution in [0.25, 0.3) is 0 Å². The van der Waals surface area contributed by atoms with Crippen LogP contribution in [0.3, 0.4) is 0 Å². The monoisotopic (exact) mass is 282 g/mol. The zero-order chi connectivity index (χ0) is 13.8.